The van der Waals surface area contributed by atoms with Gasteiger partial charge in [0.25, 0.3) is 0 Å². The van der Waals surface area contributed by atoms with E-state index in [0.29, 0.717) is 0 Å². The number of hydrogen-bond acceptors (Lipinski definition) is 6. The third kappa shape index (κ3) is 4.70. The minimum Gasteiger partial charge on any atom is -0.338 e. The van der Waals surface area contributed by atoms with Crippen molar-refractivity contribution in [3.63, 3.8) is 0 Å². The Bertz CT molecular complexity index is 759. The van der Waals surface area contributed by atoms with Gasteiger partial charge in [-0.15, -0.1) is 0 Å². The molecule has 0 saturated carbocycles. The lowest BCUT2D eigenvalue weighted by Gasteiger charge is -2.32. The number of nitrogens with zero attached hydrogens (tertiary/aromatic N) is 4. The molecule has 1 aliphatic heterocycles. The monoisotopic (exact) mass is 357 g/mol. The molecule has 0 aliphatic carbocycles. The molecule has 0 spiro atoms. The summed E-state index contributed by atoms with van der Waals surface area (Å²) in [5.41, 5.74) is 1.77. The van der Waals surface area contributed by atoms with E-state index in [4.69, 9.17) is 4.98 Å². The van der Waals surface area contributed by atoms with Crippen molar-refractivity contribution in [1.29, 1.82) is 0 Å². The molecule has 132 valence electrons. The fourth-order valence-corrected chi connectivity index (χ4v) is 3.56. The fraction of sp³-hybridized carbons (Fsp3) is 0.389. The van der Waals surface area contributed by atoms with E-state index in [1.807, 2.05) is 37.4 Å². The number of aryl methyl sites for hydroxylation is 1. The first-order valence-corrected chi connectivity index (χ1v) is 9.15. The van der Waals surface area contributed by atoms with Gasteiger partial charge in [0.1, 0.15) is 0 Å². The summed E-state index contributed by atoms with van der Waals surface area (Å²) in [6, 6.07) is 7.79. The van der Waals surface area contributed by atoms with Crippen LogP contribution in [0.3, 0.4) is 0 Å². The average molecular weight is 357 g/mol. The molecule has 0 radical (unpaired) electrons. The summed E-state index contributed by atoms with van der Waals surface area (Å²) in [5.74, 6) is 0.736. The highest BCUT2D eigenvalue weighted by atomic mass is 32.2. The summed E-state index contributed by atoms with van der Waals surface area (Å²) in [6.07, 6.45) is 1.89. The Labute approximate surface area is 152 Å². The molecule has 1 fully saturated rings. The number of carbonyl (C=O) groups is 1. The molecule has 2 aromatic rings. The topological polar surface area (TPSA) is 61.4 Å². The minimum atomic E-state index is -0.0711. The second-order valence-electron chi connectivity index (χ2n) is 6.22. The van der Waals surface area contributed by atoms with Crippen LogP contribution >= 0.6 is 11.8 Å². The van der Waals surface area contributed by atoms with Crippen molar-refractivity contribution in [3.05, 3.63) is 36.2 Å². The zero-order valence-electron chi connectivity index (χ0n) is 14.8. The van der Waals surface area contributed by atoms with Gasteiger partial charge >= 0.3 is 0 Å². The normalized spacial score (nSPS) is 15.2. The number of piperazine rings is 1. The van der Waals surface area contributed by atoms with Crippen molar-refractivity contribution in [1.82, 2.24) is 14.9 Å². The highest BCUT2D eigenvalue weighted by Crippen LogP contribution is 2.31. The second kappa shape index (κ2) is 7.84. The van der Waals surface area contributed by atoms with Gasteiger partial charge in [0.15, 0.2) is 0 Å². The van der Waals surface area contributed by atoms with E-state index in [1.54, 1.807) is 11.8 Å². The van der Waals surface area contributed by atoms with E-state index in [1.165, 1.54) is 6.92 Å². The van der Waals surface area contributed by atoms with Gasteiger partial charge in [0, 0.05) is 49.9 Å². The molecule has 1 aromatic carbocycles. The Hall–Kier alpha value is -2.12. The first kappa shape index (κ1) is 17.7. The van der Waals surface area contributed by atoms with E-state index in [2.05, 4.69) is 27.1 Å². The summed E-state index contributed by atoms with van der Waals surface area (Å²) < 4.78 is 0. The van der Waals surface area contributed by atoms with Gasteiger partial charge < -0.3 is 15.1 Å². The van der Waals surface area contributed by atoms with Crippen LogP contribution < -0.4 is 10.2 Å². The Morgan fingerprint density at radius 1 is 1.24 bits per heavy atom. The second-order valence-corrected chi connectivity index (χ2v) is 7.34. The smallest absolute Gasteiger partial charge is 0.225 e. The summed E-state index contributed by atoms with van der Waals surface area (Å²) in [6.45, 7) is 7.52. The predicted molar refractivity (Wildman–Crippen MR) is 101 cm³/mol. The first-order valence-electron chi connectivity index (χ1n) is 8.34. The van der Waals surface area contributed by atoms with Crippen LogP contribution in [0.5, 0.6) is 0 Å². The molecule has 1 N–H and O–H groups in total. The fourth-order valence-electron chi connectivity index (χ4n) is 2.67. The van der Waals surface area contributed by atoms with Crippen LogP contribution in [-0.2, 0) is 4.79 Å². The number of hydrogen-bond donors (Lipinski definition) is 1. The van der Waals surface area contributed by atoms with Crippen molar-refractivity contribution < 1.29 is 4.79 Å². The highest BCUT2D eigenvalue weighted by Gasteiger charge is 2.17. The molecule has 3 rings (SSSR count). The predicted octanol–water partition coefficient (Wildman–Crippen LogP) is 2.65. The SMILES string of the molecule is CC(=O)Nc1cccc(Sc2cnc(N3CCN(C)CC3)nc2C)c1. The largest absolute Gasteiger partial charge is 0.338 e. The van der Waals surface area contributed by atoms with E-state index in [-0.39, 0.29) is 5.91 Å². The lowest BCUT2D eigenvalue weighted by molar-refractivity contribution is -0.114. The molecule has 0 unspecified atom stereocenters. The van der Waals surface area contributed by atoms with Gasteiger partial charge in [-0.05, 0) is 32.2 Å². The maximum Gasteiger partial charge on any atom is 0.225 e. The van der Waals surface area contributed by atoms with E-state index < -0.39 is 0 Å². The van der Waals surface area contributed by atoms with Crippen molar-refractivity contribution in [2.75, 3.05) is 43.4 Å². The number of nitrogens with one attached hydrogen (secondary N) is 1. The van der Waals surface area contributed by atoms with Crippen LogP contribution in [0.25, 0.3) is 0 Å². The van der Waals surface area contributed by atoms with Gasteiger partial charge in [0.05, 0.1) is 10.6 Å². The standard InChI is InChI=1S/C18H23N5OS/c1-13-17(25-16-6-4-5-15(11-16)21-14(2)24)12-19-18(20-13)23-9-7-22(3)8-10-23/h4-6,11-12H,7-10H2,1-3H3,(H,21,24). The van der Waals surface area contributed by atoms with Gasteiger partial charge in [-0.2, -0.15) is 0 Å². The van der Waals surface area contributed by atoms with Crippen LogP contribution in [0.2, 0.25) is 0 Å². The van der Waals surface area contributed by atoms with E-state index in [0.717, 1.165) is 53.3 Å². The maximum absolute atomic E-state index is 11.2. The van der Waals surface area contributed by atoms with Crippen LogP contribution in [-0.4, -0.2) is 54.0 Å². The van der Waals surface area contributed by atoms with Crippen LogP contribution in [0.1, 0.15) is 12.6 Å². The quantitative estimate of drug-likeness (QED) is 0.908. The number of anilines is 2. The van der Waals surface area contributed by atoms with Crippen molar-refractivity contribution in [2.24, 2.45) is 0 Å². The lowest BCUT2D eigenvalue weighted by atomic mass is 10.3. The first-order chi connectivity index (χ1) is 12.0. The Kier molecular flexibility index (Phi) is 5.55. The summed E-state index contributed by atoms with van der Waals surface area (Å²) in [5, 5.41) is 2.81. The van der Waals surface area contributed by atoms with Crippen LogP contribution in [0, 0.1) is 6.92 Å². The van der Waals surface area contributed by atoms with Crippen molar-refractivity contribution in [2.45, 2.75) is 23.6 Å². The third-order valence-electron chi connectivity index (χ3n) is 4.09. The Morgan fingerprint density at radius 2 is 2.00 bits per heavy atom. The molecule has 1 saturated heterocycles. The average Bonchev–Trinajstić information content (AvgIpc) is 2.57. The molecule has 1 aromatic heterocycles. The lowest BCUT2D eigenvalue weighted by Crippen LogP contribution is -2.45. The molecule has 1 amide bonds. The highest BCUT2D eigenvalue weighted by molar-refractivity contribution is 7.99. The number of benzene rings is 1. The third-order valence-corrected chi connectivity index (χ3v) is 5.20. The van der Waals surface area contributed by atoms with Gasteiger partial charge in [-0.1, -0.05) is 17.8 Å². The van der Waals surface area contributed by atoms with Crippen LogP contribution in [0.15, 0.2) is 40.3 Å². The zero-order valence-corrected chi connectivity index (χ0v) is 15.6. The molecule has 0 atom stereocenters. The van der Waals surface area contributed by atoms with E-state index in [9.17, 15) is 4.79 Å². The molecular formula is C18H23N5OS. The Balaban J connectivity index is 1.72. The maximum atomic E-state index is 11.2. The molecule has 7 heteroatoms. The molecule has 2 heterocycles. The van der Waals surface area contributed by atoms with Crippen molar-refractivity contribution >= 4 is 29.3 Å². The minimum absolute atomic E-state index is 0.0711. The number of amides is 1. The number of likely N-dealkylation sites (N-methyl/N-ethyl adjacent to an activating group) is 1. The summed E-state index contributed by atoms with van der Waals surface area (Å²) >= 11 is 1.61. The molecule has 6 nitrogen and oxygen atoms in total. The van der Waals surface area contributed by atoms with Crippen LogP contribution in [0.4, 0.5) is 11.6 Å². The molecular weight excluding hydrogens is 334 g/mol. The molecule has 25 heavy (non-hydrogen) atoms. The van der Waals surface area contributed by atoms with Crippen molar-refractivity contribution in [3.8, 4) is 0 Å². The van der Waals surface area contributed by atoms with Gasteiger partial charge in [-0.25, -0.2) is 9.97 Å². The molecule has 0 bridgehead atoms. The van der Waals surface area contributed by atoms with Gasteiger partial charge in [0.2, 0.25) is 11.9 Å². The summed E-state index contributed by atoms with van der Waals surface area (Å²) in [4.78, 5) is 27.1. The Morgan fingerprint density at radius 3 is 2.68 bits per heavy atom. The zero-order chi connectivity index (χ0) is 17.8. The molecule has 1 aliphatic rings. The van der Waals surface area contributed by atoms with E-state index >= 15 is 0 Å². The number of carbonyl (C=O) groups excluding carboxylic acids is 1. The summed E-state index contributed by atoms with van der Waals surface area (Å²) in [7, 11) is 2.14. The number of rotatable bonds is 4. The number of aromatic nitrogens is 2. The van der Waals surface area contributed by atoms with Gasteiger partial charge in [-0.3, -0.25) is 4.79 Å².